The van der Waals surface area contributed by atoms with Crippen LogP contribution in [0.4, 0.5) is 0 Å². The number of phenolic OH excluding ortho intramolecular Hbond substituents is 1. The van der Waals surface area contributed by atoms with Gasteiger partial charge in [0.15, 0.2) is 11.5 Å². The van der Waals surface area contributed by atoms with Gasteiger partial charge in [0.05, 0.1) is 11.5 Å². The largest absolute Gasteiger partial charge is 0.504 e. The Hall–Kier alpha value is -3.61. The molecule has 212 valence electrons. The lowest BCUT2D eigenvalue weighted by atomic mass is 9.47. The average molecular weight is 551 g/mol. The number of amides is 1. The van der Waals surface area contributed by atoms with Crippen molar-refractivity contribution in [2.45, 2.75) is 68.2 Å². The van der Waals surface area contributed by atoms with Crippen LogP contribution in [0.3, 0.4) is 0 Å². The molecule has 1 saturated carbocycles. The molecular weight excluding hydrogens is 512 g/mol. The molecule has 6 heteroatoms. The smallest absolute Gasteiger partial charge is 0.246 e. The number of rotatable bonds is 6. The van der Waals surface area contributed by atoms with Crippen molar-refractivity contribution in [2.75, 3.05) is 20.1 Å². The maximum atomic E-state index is 13.7. The molecule has 2 bridgehead atoms. The van der Waals surface area contributed by atoms with Gasteiger partial charge in [-0.15, -0.1) is 0 Å². The summed E-state index contributed by atoms with van der Waals surface area (Å²) in [6.45, 7) is 3.71. The molecule has 2 aliphatic heterocycles. The first-order chi connectivity index (χ1) is 19.8. The predicted molar refractivity (Wildman–Crippen MR) is 159 cm³/mol. The third kappa shape index (κ3) is 3.87. The van der Waals surface area contributed by atoms with E-state index in [1.165, 1.54) is 5.56 Å². The fourth-order valence-electron chi connectivity index (χ4n) is 8.52. The van der Waals surface area contributed by atoms with E-state index in [9.17, 15) is 15.0 Å². The van der Waals surface area contributed by atoms with Crippen LogP contribution in [0.25, 0.3) is 6.08 Å². The van der Waals surface area contributed by atoms with Crippen LogP contribution >= 0.6 is 0 Å². The minimum atomic E-state index is -1.22. The zero-order valence-electron chi connectivity index (χ0n) is 23.8. The molecule has 2 fully saturated rings. The summed E-state index contributed by atoms with van der Waals surface area (Å²) in [5, 5.41) is 24.1. The summed E-state index contributed by atoms with van der Waals surface area (Å²) in [5.74, 6) is 0.563. The van der Waals surface area contributed by atoms with Gasteiger partial charge in [0.1, 0.15) is 11.7 Å². The van der Waals surface area contributed by atoms with E-state index in [4.69, 9.17) is 4.74 Å². The number of hydrogen-bond donors (Lipinski definition) is 2. The number of likely N-dealkylation sites (N-methyl/N-ethyl adjacent to an activating group) is 1. The van der Waals surface area contributed by atoms with Gasteiger partial charge in [0, 0.05) is 31.3 Å². The van der Waals surface area contributed by atoms with E-state index >= 15 is 0 Å². The number of aryl methyl sites for hydroxylation is 1. The summed E-state index contributed by atoms with van der Waals surface area (Å²) in [5.41, 5.74) is 3.63. The molecular formula is C35H38N2O4. The molecule has 5 atom stereocenters. The molecule has 2 heterocycles. The lowest BCUT2D eigenvalue weighted by Gasteiger charge is -2.66. The average Bonchev–Trinajstić information content (AvgIpc) is 3.32. The van der Waals surface area contributed by atoms with Gasteiger partial charge in [-0.1, -0.05) is 66.2 Å². The van der Waals surface area contributed by atoms with E-state index < -0.39 is 11.0 Å². The second kappa shape index (κ2) is 9.74. The molecule has 0 unspecified atom stereocenters. The van der Waals surface area contributed by atoms with Crippen LogP contribution in [-0.4, -0.2) is 69.8 Å². The number of piperidine rings is 1. The Morgan fingerprint density at radius 1 is 1.12 bits per heavy atom. The first kappa shape index (κ1) is 26.3. The van der Waals surface area contributed by atoms with E-state index in [0.717, 1.165) is 54.6 Å². The van der Waals surface area contributed by atoms with E-state index in [0.29, 0.717) is 18.6 Å². The second-order valence-electron chi connectivity index (χ2n) is 12.4. The first-order valence-electron chi connectivity index (χ1n) is 14.9. The Bertz CT molecular complexity index is 1520. The van der Waals surface area contributed by atoms with Crippen molar-refractivity contribution in [3.8, 4) is 11.5 Å². The first-order valence-corrected chi connectivity index (χ1v) is 14.9. The Morgan fingerprint density at radius 3 is 2.76 bits per heavy atom. The minimum Gasteiger partial charge on any atom is -0.504 e. The van der Waals surface area contributed by atoms with E-state index in [1.807, 2.05) is 50.4 Å². The van der Waals surface area contributed by atoms with Crippen LogP contribution in [0.5, 0.6) is 11.5 Å². The molecule has 41 heavy (non-hydrogen) atoms. The van der Waals surface area contributed by atoms with Gasteiger partial charge in [0.25, 0.3) is 0 Å². The number of nitrogens with zero attached hydrogens (tertiary/aromatic N) is 2. The van der Waals surface area contributed by atoms with Crippen molar-refractivity contribution >= 4 is 12.0 Å². The predicted octanol–water partition coefficient (Wildman–Crippen LogP) is 4.64. The summed E-state index contributed by atoms with van der Waals surface area (Å²) >= 11 is 0. The van der Waals surface area contributed by atoms with Gasteiger partial charge in [0.2, 0.25) is 5.91 Å². The number of likely N-dealkylation sites (tertiary alicyclic amines) is 1. The summed E-state index contributed by atoms with van der Waals surface area (Å²) in [7, 11) is 1.83. The van der Waals surface area contributed by atoms with Gasteiger partial charge in [-0.3, -0.25) is 9.69 Å². The molecule has 2 N–H and O–H groups in total. The highest BCUT2D eigenvalue weighted by Gasteiger charge is 2.74. The second-order valence-corrected chi connectivity index (χ2v) is 12.4. The fourth-order valence-corrected chi connectivity index (χ4v) is 8.52. The summed E-state index contributed by atoms with van der Waals surface area (Å²) in [4.78, 5) is 17.9. The van der Waals surface area contributed by atoms with Crippen LogP contribution in [-0.2, 0) is 23.1 Å². The highest BCUT2D eigenvalue weighted by molar-refractivity contribution is 5.92. The van der Waals surface area contributed by atoms with Crippen LogP contribution < -0.4 is 4.74 Å². The van der Waals surface area contributed by atoms with Gasteiger partial charge in [-0.05, 0) is 74.4 Å². The summed E-state index contributed by atoms with van der Waals surface area (Å²) < 4.78 is 6.50. The number of carbonyl (C=O) groups is 1. The standard InChI is InChI=1S/C35H38N2O4/c1-23-7-6-10-25(21-23)11-16-31(39)36(2)28-14-15-30-34-18-20-37(19-17-24-8-4-3-5-9-24)29(35(28,34)40)22-26-12-13-27(38)33(41-30)32(26)34/h3-13,16,21,28-30,38,40H,14-15,17-20,22H2,1-2H3/t28-,29-,30+,34-,35-/m1/s1. The summed E-state index contributed by atoms with van der Waals surface area (Å²) in [6.07, 6.45) is 6.89. The van der Waals surface area contributed by atoms with Gasteiger partial charge < -0.3 is 19.8 Å². The number of phenols is 1. The highest BCUT2D eigenvalue weighted by atomic mass is 16.5. The molecule has 7 rings (SSSR count). The third-order valence-corrected chi connectivity index (χ3v) is 10.4. The maximum absolute atomic E-state index is 13.7. The fraction of sp³-hybridized carbons (Fsp3) is 0.400. The van der Waals surface area contributed by atoms with Crippen molar-refractivity contribution in [2.24, 2.45) is 0 Å². The minimum absolute atomic E-state index is 0.116. The normalized spacial score (nSPS) is 29.7. The topological polar surface area (TPSA) is 73.2 Å². The Kier molecular flexibility index (Phi) is 6.25. The van der Waals surface area contributed by atoms with Gasteiger partial charge >= 0.3 is 0 Å². The maximum Gasteiger partial charge on any atom is 0.246 e. The molecule has 3 aromatic rings. The monoisotopic (exact) mass is 550 g/mol. The number of benzene rings is 3. The Balaban J connectivity index is 1.27. The van der Waals surface area contributed by atoms with Crippen molar-refractivity contribution in [3.05, 3.63) is 101 Å². The molecule has 6 nitrogen and oxygen atoms in total. The molecule has 3 aromatic carbocycles. The zero-order chi connectivity index (χ0) is 28.4. The Morgan fingerprint density at radius 2 is 1.95 bits per heavy atom. The summed E-state index contributed by atoms with van der Waals surface area (Å²) in [6, 6.07) is 21.8. The number of aliphatic hydroxyl groups is 1. The molecule has 0 radical (unpaired) electrons. The molecule has 0 aromatic heterocycles. The number of ether oxygens (including phenoxy) is 1. The number of carbonyl (C=O) groups excluding carboxylic acids is 1. The van der Waals surface area contributed by atoms with Crippen molar-refractivity contribution < 1.29 is 19.7 Å². The lowest BCUT2D eigenvalue weighted by Crippen LogP contribution is -2.81. The van der Waals surface area contributed by atoms with Gasteiger partial charge in [-0.2, -0.15) is 0 Å². The highest BCUT2D eigenvalue weighted by Crippen LogP contribution is 2.65. The molecule has 1 amide bonds. The number of hydrogen-bond acceptors (Lipinski definition) is 5. The SMILES string of the molecule is Cc1cccc(C=CC(=O)N(C)[C@@H]2CC[C@@H]3Oc4c(O)ccc5c4[C@@]34CCN(CCc3ccccc3)[C@H](C5)[C@]24O)c1. The van der Waals surface area contributed by atoms with E-state index in [2.05, 4.69) is 35.2 Å². The molecule has 1 saturated heterocycles. The van der Waals surface area contributed by atoms with Crippen LogP contribution in [0.15, 0.2) is 72.8 Å². The van der Waals surface area contributed by atoms with E-state index in [1.54, 1.807) is 17.0 Å². The van der Waals surface area contributed by atoms with Crippen LogP contribution in [0, 0.1) is 6.92 Å². The number of aromatic hydroxyl groups is 1. The van der Waals surface area contributed by atoms with Crippen LogP contribution in [0.1, 0.15) is 47.1 Å². The third-order valence-electron chi connectivity index (χ3n) is 10.4. The lowest BCUT2D eigenvalue weighted by molar-refractivity contribution is -0.216. The van der Waals surface area contributed by atoms with Crippen LogP contribution in [0.2, 0.25) is 0 Å². The van der Waals surface area contributed by atoms with E-state index in [-0.39, 0.29) is 29.8 Å². The quantitative estimate of drug-likeness (QED) is 0.438. The van der Waals surface area contributed by atoms with Crippen molar-refractivity contribution in [1.29, 1.82) is 0 Å². The Labute approximate surface area is 241 Å². The molecule has 2 aliphatic carbocycles. The van der Waals surface area contributed by atoms with Crippen molar-refractivity contribution in [3.63, 3.8) is 0 Å². The molecule has 4 aliphatic rings. The van der Waals surface area contributed by atoms with Gasteiger partial charge in [-0.25, -0.2) is 0 Å². The zero-order valence-corrected chi connectivity index (χ0v) is 23.8. The molecule has 1 spiro atoms. The van der Waals surface area contributed by atoms with Crippen molar-refractivity contribution in [1.82, 2.24) is 9.80 Å².